The van der Waals surface area contributed by atoms with Gasteiger partial charge in [-0.05, 0) is 138 Å². The molecule has 0 N–H and O–H groups in total. The smallest absolute Gasteiger partial charge is 0.0562 e. The molecule has 0 amide bonds. The first kappa shape index (κ1) is 42.3. The number of likely N-dealkylation sites (N-methyl/N-ethyl adjacent to an activating group) is 1. The zero-order chi connectivity index (χ0) is 41.7. The summed E-state index contributed by atoms with van der Waals surface area (Å²) in [5.74, 6) is 0.967. The highest BCUT2D eigenvalue weighted by molar-refractivity contribution is 6.11. The van der Waals surface area contributed by atoms with Gasteiger partial charge in [0.05, 0.1) is 11.0 Å². The fourth-order valence-corrected chi connectivity index (χ4v) is 8.78. The van der Waals surface area contributed by atoms with E-state index < -0.39 is 0 Å². The number of fused-ring (bicyclic) bond motifs is 4. The number of benzene rings is 5. The van der Waals surface area contributed by atoms with Gasteiger partial charge in [-0.15, -0.1) is 0 Å². The Morgan fingerprint density at radius 1 is 0.690 bits per heavy atom. The van der Waals surface area contributed by atoms with Crippen LogP contribution in [0.3, 0.4) is 0 Å². The van der Waals surface area contributed by atoms with Crippen molar-refractivity contribution in [1.29, 1.82) is 0 Å². The lowest BCUT2D eigenvalue weighted by Crippen LogP contribution is -2.33. The van der Waals surface area contributed by atoms with Crippen molar-refractivity contribution in [1.82, 2.24) is 4.57 Å². The molecule has 0 bridgehead atoms. The molecule has 2 heteroatoms. The second kappa shape index (κ2) is 18.1. The van der Waals surface area contributed by atoms with E-state index in [2.05, 4.69) is 201 Å². The molecule has 0 radical (unpaired) electrons. The molecular formula is C56H66N2. The molecule has 2 nitrogen and oxygen atoms in total. The molecule has 0 saturated heterocycles. The first-order valence-corrected chi connectivity index (χ1v) is 21.7. The van der Waals surface area contributed by atoms with Gasteiger partial charge in [-0.3, -0.25) is 0 Å². The van der Waals surface area contributed by atoms with Crippen LogP contribution in [0.5, 0.6) is 0 Å². The molecule has 1 aliphatic heterocycles. The number of unbranched alkanes of at least 4 members (excludes halogenated alkanes) is 2. The van der Waals surface area contributed by atoms with Gasteiger partial charge in [0.1, 0.15) is 0 Å². The lowest BCUT2D eigenvalue weighted by molar-refractivity contribution is 0.619. The number of rotatable bonds is 12. The highest BCUT2D eigenvalue weighted by Crippen LogP contribution is 2.49. The summed E-state index contributed by atoms with van der Waals surface area (Å²) in [6.45, 7) is 29.0. The van der Waals surface area contributed by atoms with Gasteiger partial charge < -0.3 is 9.47 Å². The minimum Gasteiger partial charge on any atom is -0.344 e. The van der Waals surface area contributed by atoms with Gasteiger partial charge in [-0.1, -0.05) is 153 Å². The Balaban J connectivity index is 0.000000633. The monoisotopic (exact) mass is 767 g/mol. The average Bonchev–Trinajstić information content (AvgIpc) is 3.56. The minimum absolute atomic E-state index is 0.217. The molecule has 0 saturated carbocycles. The van der Waals surface area contributed by atoms with E-state index in [0.717, 1.165) is 25.0 Å². The first-order valence-electron chi connectivity index (χ1n) is 21.7. The second-order valence-electron chi connectivity index (χ2n) is 17.0. The van der Waals surface area contributed by atoms with E-state index in [1.54, 1.807) is 0 Å². The molecule has 2 unspecified atom stereocenters. The number of hydrogen-bond acceptors (Lipinski definition) is 1. The Morgan fingerprint density at radius 3 is 1.79 bits per heavy atom. The van der Waals surface area contributed by atoms with Gasteiger partial charge in [-0.25, -0.2) is 0 Å². The topological polar surface area (TPSA) is 8.17 Å². The normalized spacial score (nSPS) is 14.9. The van der Waals surface area contributed by atoms with E-state index in [9.17, 15) is 0 Å². The predicted octanol–water partition coefficient (Wildman–Crippen LogP) is 16.1. The summed E-state index contributed by atoms with van der Waals surface area (Å²) in [5, 5.41) is 2.63. The molecule has 0 spiro atoms. The summed E-state index contributed by atoms with van der Waals surface area (Å²) in [6, 6.07) is 38.5. The molecule has 5 aromatic carbocycles. The van der Waals surface area contributed by atoms with Gasteiger partial charge in [0, 0.05) is 40.3 Å². The molecule has 7 rings (SSSR count). The van der Waals surface area contributed by atoms with Gasteiger partial charge in [0.2, 0.25) is 0 Å². The Labute approximate surface area is 350 Å². The largest absolute Gasteiger partial charge is 0.344 e. The SMILES string of the molecule is C=CC1=C(C=C)C(C)(C)c2cc3c4cc(C(C)CC)c(C(C)CC)cc4n(-c4ccc(/C(=C\CCCC)c5ccccc5)cc4)c3cc2N1C.Cc1ccccc1C. The lowest BCUT2D eigenvalue weighted by Gasteiger charge is -2.40. The first-order chi connectivity index (χ1) is 27.9. The zero-order valence-electron chi connectivity index (χ0n) is 37.0. The number of hydrogen-bond donors (Lipinski definition) is 0. The van der Waals surface area contributed by atoms with E-state index in [1.807, 2.05) is 12.2 Å². The quantitative estimate of drug-likeness (QED) is 0.113. The van der Waals surface area contributed by atoms with Gasteiger partial charge in [0.25, 0.3) is 0 Å². The van der Waals surface area contributed by atoms with Crippen molar-refractivity contribution in [3.8, 4) is 5.69 Å². The van der Waals surface area contributed by atoms with Gasteiger partial charge >= 0.3 is 0 Å². The molecule has 1 aliphatic rings. The fraction of sp³-hybridized carbons (Fsp3) is 0.321. The maximum absolute atomic E-state index is 4.24. The van der Waals surface area contributed by atoms with Crippen molar-refractivity contribution in [2.75, 3.05) is 11.9 Å². The van der Waals surface area contributed by atoms with Crippen molar-refractivity contribution < 1.29 is 0 Å². The molecule has 0 aliphatic carbocycles. The van der Waals surface area contributed by atoms with E-state index in [1.165, 1.54) is 96.1 Å². The van der Waals surface area contributed by atoms with Crippen LogP contribution in [0.15, 0.2) is 146 Å². The van der Waals surface area contributed by atoms with E-state index in [0.29, 0.717) is 11.8 Å². The van der Waals surface area contributed by atoms with Crippen LogP contribution in [0.25, 0.3) is 33.1 Å². The number of nitrogens with zero attached hydrogens (tertiary/aromatic N) is 2. The Hall–Kier alpha value is -5.34. The third-order valence-electron chi connectivity index (χ3n) is 13.0. The molecule has 300 valence electrons. The van der Waals surface area contributed by atoms with Crippen molar-refractivity contribution in [3.05, 3.63) is 185 Å². The summed E-state index contributed by atoms with van der Waals surface area (Å²) in [7, 11) is 2.17. The van der Waals surface area contributed by atoms with Crippen LogP contribution in [0, 0.1) is 13.8 Å². The predicted molar refractivity (Wildman–Crippen MR) is 256 cm³/mol. The summed E-state index contributed by atoms with van der Waals surface area (Å²) < 4.78 is 2.52. The van der Waals surface area contributed by atoms with Crippen LogP contribution in [-0.2, 0) is 5.41 Å². The van der Waals surface area contributed by atoms with Crippen molar-refractivity contribution in [2.45, 2.75) is 112 Å². The van der Waals surface area contributed by atoms with Crippen molar-refractivity contribution >= 4 is 33.1 Å². The second-order valence-corrected chi connectivity index (χ2v) is 17.0. The van der Waals surface area contributed by atoms with Crippen LogP contribution < -0.4 is 4.90 Å². The Kier molecular flexibility index (Phi) is 13.2. The van der Waals surface area contributed by atoms with Crippen LogP contribution >= 0.6 is 0 Å². The van der Waals surface area contributed by atoms with Crippen molar-refractivity contribution in [2.24, 2.45) is 0 Å². The number of aromatic nitrogens is 1. The van der Waals surface area contributed by atoms with Crippen LogP contribution in [0.4, 0.5) is 5.69 Å². The third kappa shape index (κ3) is 8.04. The molecule has 6 aromatic rings. The van der Waals surface area contributed by atoms with Crippen molar-refractivity contribution in [3.63, 3.8) is 0 Å². The highest BCUT2D eigenvalue weighted by atomic mass is 15.1. The van der Waals surface area contributed by atoms with Gasteiger partial charge in [0.15, 0.2) is 0 Å². The zero-order valence-corrected chi connectivity index (χ0v) is 37.0. The average molecular weight is 767 g/mol. The highest BCUT2D eigenvalue weighted by Gasteiger charge is 2.36. The molecule has 2 heterocycles. The standard InChI is InChI=1S/C48H56N2.C8H10/c1-11-16-18-23-37(34-21-19-17-20-22-34)35-24-26-36(27-25-35)50-45-30-39(33(7)13-3)38(32(6)12-2)28-40(45)41-29-43-47(31-46(41)50)49(10)44(15-5)42(14-4)48(43,8)9;1-7-5-3-4-6-8(7)2/h14-15,17,19-33H,4-5,11-13,16,18H2,1-3,6-10H3;3-6H,1-2H3/b37-23-;. The summed E-state index contributed by atoms with van der Waals surface area (Å²) in [5.41, 5.74) is 17.9. The molecule has 0 fully saturated rings. The molecule has 58 heavy (non-hydrogen) atoms. The molecular weight excluding hydrogens is 701 g/mol. The Morgan fingerprint density at radius 2 is 1.24 bits per heavy atom. The van der Waals surface area contributed by atoms with Crippen LogP contribution in [0.1, 0.15) is 131 Å². The number of aryl methyl sites for hydroxylation is 2. The number of allylic oxidation sites excluding steroid dienone is 4. The summed E-state index contributed by atoms with van der Waals surface area (Å²) >= 11 is 0. The minimum atomic E-state index is -0.217. The summed E-state index contributed by atoms with van der Waals surface area (Å²) in [6.07, 6.45) is 12.1. The molecule has 2 atom stereocenters. The van der Waals surface area contributed by atoms with E-state index >= 15 is 0 Å². The van der Waals surface area contributed by atoms with Gasteiger partial charge in [-0.2, -0.15) is 0 Å². The fourth-order valence-electron chi connectivity index (χ4n) is 8.78. The lowest BCUT2D eigenvalue weighted by atomic mass is 9.73. The van der Waals surface area contributed by atoms with Crippen LogP contribution in [0.2, 0.25) is 0 Å². The third-order valence-corrected chi connectivity index (χ3v) is 13.0. The van der Waals surface area contributed by atoms with E-state index in [-0.39, 0.29) is 5.41 Å². The maximum atomic E-state index is 4.24. The van der Waals surface area contributed by atoms with Crippen LogP contribution in [-0.4, -0.2) is 11.6 Å². The maximum Gasteiger partial charge on any atom is 0.0562 e. The van der Waals surface area contributed by atoms with E-state index in [4.69, 9.17) is 0 Å². The number of anilines is 1. The Bertz CT molecular complexity index is 2450. The summed E-state index contributed by atoms with van der Waals surface area (Å²) in [4.78, 5) is 2.30. The molecule has 1 aromatic heterocycles.